The maximum absolute atomic E-state index is 13.0. The average Bonchev–Trinajstić information content (AvgIpc) is 2.59. The number of benzene rings is 2. The van der Waals surface area contributed by atoms with Crippen molar-refractivity contribution in [3.63, 3.8) is 0 Å². The van der Waals surface area contributed by atoms with Crippen LogP contribution in [0.3, 0.4) is 0 Å². The lowest BCUT2D eigenvalue weighted by molar-refractivity contribution is -0.149. The highest BCUT2D eigenvalue weighted by Gasteiger charge is 2.10. The first kappa shape index (κ1) is 19.6. The first-order chi connectivity index (χ1) is 12.4. The van der Waals surface area contributed by atoms with Gasteiger partial charge in [-0.2, -0.15) is 8.78 Å². The Bertz CT molecular complexity index is 756. The van der Waals surface area contributed by atoms with Crippen molar-refractivity contribution in [3.8, 4) is 5.75 Å². The Balaban J connectivity index is 1.71. The third-order valence-electron chi connectivity index (χ3n) is 2.88. The molecule has 0 atom stereocenters. The molecule has 0 aliphatic heterocycles. The fourth-order valence-corrected chi connectivity index (χ4v) is 2.30. The lowest BCUT2D eigenvalue weighted by Crippen LogP contribution is -2.23. The minimum absolute atomic E-state index is 0.160. The molecule has 0 heterocycles. The number of ether oxygens (including phenoxy) is 2. The predicted molar refractivity (Wildman–Crippen MR) is 89.8 cm³/mol. The summed E-state index contributed by atoms with van der Waals surface area (Å²) in [5, 5.41) is 2.46. The molecule has 0 unspecified atom stereocenters. The molecule has 0 aliphatic carbocycles. The van der Waals surface area contributed by atoms with Crippen molar-refractivity contribution in [2.24, 2.45) is 0 Å². The van der Waals surface area contributed by atoms with Crippen molar-refractivity contribution in [1.82, 2.24) is 0 Å². The van der Waals surface area contributed by atoms with E-state index in [0.29, 0.717) is 22.3 Å². The number of carbonyl (C=O) groups is 2. The number of rotatable bonds is 8. The maximum Gasteiger partial charge on any atom is 0.344 e. The van der Waals surface area contributed by atoms with Crippen LogP contribution in [-0.4, -0.2) is 30.8 Å². The standard InChI is InChI=1S/C17H14F3NO4S/c18-11-2-1-3-13(8-11)24-10-16(23)25-9-15(22)21-12-4-6-14(7-5-12)26-17(19)20/h1-8,17H,9-10H2,(H,21,22). The molecular weight excluding hydrogens is 371 g/mol. The molecule has 0 radical (unpaired) electrons. The first-order valence-electron chi connectivity index (χ1n) is 7.31. The highest BCUT2D eigenvalue weighted by atomic mass is 32.2. The molecule has 0 saturated heterocycles. The first-order valence-corrected chi connectivity index (χ1v) is 8.19. The van der Waals surface area contributed by atoms with Gasteiger partial charge in [-0.05, 0) is 36.4 Å². The molecule has 0 spiro atoms. The lowest BCUT2D eigenvalue weighted by Gasteiger charge is -2.08. The van der Waals surface area contributed by atoms with E-state index >= 15 is 0 Å². The van der Waals surface area contributed by atoms with Crippen molar-refractivity contribution < 1.29 is 32.2 Å². The van der Waals surface area contributed by atoms with Gasteiger partial charge >= 0.3 is 5.97 Å². The van der Waals surface area contributed by atoms with Gasteiger partial charge in [0.05, 0.1) is 0 Å². The van der Waals surface area contributed by atoms with Gasteiger partial charge in [-0.25, -0.2) is 9.18 Å². The molecule has 5 nitrogen and oxygen atoms in total. The van der Waals surface area contributed by atoms with Crippen LogP contribution >= 0.6 is 11.8 Å². The van der Waals surface area contributed by atoms with Crippen LogP contribution in [0.2, 0.25) is 0 Å². The number of esters is 1. The van der Waals surface area contributed by atoms with Gasteiger partial charge in [-0.3, -0.25) is 4.79 Å². The number of carbonyl (C=O) groups excluding carboxylic acids is 2. The molecule has 0 aromatic heterocycles. The van der Waals surface area contributed by atoms with E-state index in [1.54, 1.807) is 0 Å². The lowest BCUT2D eigenvalue weighted by atomic mass is 10.3. The Morgan fingerprint density at radius 2 is 1.81 bits per heavy atom. The zero-order valence-corrected chi connectivity index (χ0v) is 14.1. The fraction of sp³-hybridized carbons (Fsp3) is 0.176. The van der Waals surface area contributed by atoms with E-state index in [0.717, 1.165) is 6.07 Å². The molecule has 138 valence electrons. The van der Waals surface area contributed by atoms with E-state index < -0.39 is 36.7 Å². The Labute approximate surface area is 151 Å². The molecule has 2 rings (SSSR count). The van der Waals surface area contributed by atoms with Gasteiger partial charge in [0.1, 0.15) is 11.6 Å². The van der Waals surface area contributed by atoms with Crippen molar-refractivity contribution in [3.05, 3.63) is 54.3 Å². The van der Waals surface area contributed by atoms with Gasteiger partial charge < -0.3 is 14.8 Å². The van der Waals surface area contributed by atoms with Crippen LogP contribution in [0.4, 0.5) is 18.9 Å². The Morgan fingerprint density at radius 1 is 1.08 bits per heavy atom. The summed E-state index contributed by atoms with van der Waals surface area (Å²) < 4.78 is 47.1. The minimum Gasteiger partial charge on any atom is -0.482 e. The molecule has 9 heteroatoms. The SMILES string of the molecule is O=C(COC(=O)COc1cccc(F)c1)Nc1ccc(SC(F)F)cc1. The van der Waals surface area contributed by atoms with E-state index in [2.05, 4.69) is 5.32 Å². The number of alkyl halides is 2. The van der Waals surface area contributed by atoms with Crippen LogP contribution in [-0.2, 0) is 14.3 Å². The van der Waals surface area contributed by atoms with Crippen LogP contribution in [0.25, 0.3) is 0 Å². The number of halogens is 3. The summed E-state index contributed by atoms with van der Waals surface area (Å²) in [4.78, 5) is 23.6. The molecule has 1 amide bonds. The summed E-state index contributed by atoms with van der Waals surface area (Å²) in [5.74, 6) is -4.27. The smallest absolute Gasteiger partial charge is 0.344 e. The van der Waals surface area contributed by atoms with Crippen molar-refractivity contribution in [1.29, 1.82) is 0 Å². The number of thioether (sulfide) groups is 1. The quantitative estimate of drug-likeness (QED) is 0.555. The second-order valence-corrected chi connectivity index (χ2v) is 5.92. The van der Waals surface area contributed by atoms with Gasteiger partial charge in [0, 0.05) is 16.6 Å². The van der Waals surface area contributed by atoms with E-state index in [4.69, 9.17) is 9.47 Å². The van der Waals surface area contributed by atoms with Crippen LogP contribution in [0.5, 0.6) is 5.75 Å². The van der Waals surface area contributed by atoms with E-state index in [-0.39, 0.29) is 5.75 Å². The number of hydrogen-bond acceptors (Lipinski definition) is 5. The summed E-state index contributed by atoms with van der Waals surface area (Å²) in [7, 11) is 0. The van der Waals surface area contributed by atoms with Crippen molar-refractivity contribution >= 4 is 29.3 Å². The fourth-order valence-electron chi connectivity index (χ4n) is 1.80. The molecule has 2 aromatic carbocycles. The third kappa shape index (κ3) is 7.06. The summed E-state index contributed by atoms with van der Waals surface area (Å²) in [6.07, 6.45) is 0. The summed E-state index contributed by atoms with van der Waals surface area (Å²) >= 11 is 0.392. The van der Waals surface area contributed by atoms with Crippen LogP contribution in [0.1, 0.15) is 0 Å². The largest absolute Gasteiger partial charge is 0.482 e. The van der Waals surface area contributed by atoms with Gasteiger partial charge in [-0.15, -0.1) is 0 Å². The van der Waals surface area contributed by atoms with E-state index in [1.165, 1.54) is 42.5 Å². The summed E-state index contributed by atoms with van der Waals surface area (Å²) in [6.45, 7) is -1.02. The Hall–Kier alpha value is -2.68. The zero-order chi connectivity index (χ0) is 18.9. The van der Waals surface area contributed by atoms with Crippen LogP contribution in [0, 0.1) is 5.82 Å². The van der Waals surface area contributed by atoms with Gasteiger partial charge in [0.15, 0.2) is 13.2 Å². The second kappa shape index (κ2) is 9.71. The average molecular weight is 385 g/mol. The molecule has 0 fully saturated rings. The highest BCUT2D eigenvalue weighted by Crippen LogP contribution is 2.26. The van der Waals surface area contributed by atoms with Crippen LogP contribution < -0.4 is 10.1 Å². The van der Waals surface area contributed by atoms with Gasteiger partial charge in [-0.1, -0.05) is 17.8 Å². The normalized spacial score (nSPS) is 10.5. The van der Waals surface area contributed by atoms with Gasteiger partial charge in [0.2, 0.25) is 0 Å². The monoisotopic (exact) mass is 385 g/mol. The Kier molecular flexibility index (Phi) is 7.34. The molecule has 0 aliphatic rings. The van der Waals surface area contributed by atoms with E-state index in [9.17, 15) is 22.8 Å². The molecule has 26 heavy (non-hydrogen) atoms. The maximum atomic E-state index is 13.0. The Morgan fingerprint density at radius 3 is 2.46 bits per heavy atom. The third-order valence-corrected chi connectivity index (χ3v) is 3.60. The predicted octanol–water partition coefficient (Wildman–Crippen LogP) is 3.70. The molecule has 2 aromatic rings. The van der Waals surface area contributed by atoms with Crippen molar-refractivity contribution in [2.75, 3.05) is 18.5 Å². The molecule has 0 saturated carbocycles. The molecule has 0 bridgehead atoms. The topological polar surface area (TPSA) is 64.6 Å². The van der Waals surface area contributed by atoms with E-state index in [1.807, 2.05) is 0 Å². The number of hydrogen-bond donors (Lipinski definition) is 1. The molecular formula is C17H14F3NO4S. The number of nitrogens with one attached hydrogen (secondary N) is 1. The number of anilines is 1. The summed E-state index contributed by atoms with van der Waals surface area (Å²) in [6, 6.07) is 11.0. The number of amides is 1. The van der Waals surface area contributed by atoms with Crippen molar-refractivity contribution in [2.45, 2.75) is 10.7 Å². The minimum atomic E-state index is -2.52. The summed E-state index contributed by atoms with van der Waals surface area (Å²) in [5.41, 5.74) is 0.376. The molecule has 1 N–H and O–H groups in total. The highest BCUT2D eigenvalue weighted by molar-refractivity contribution is 7.99. The van der Waals surface area contributed by atoms with Gasteiger partial charge in [0.25, 0.3) is 11.7 Å². The van der Waals surface area contributed by atoms with Crippen LogP contribution in [0.15, 0.2) is 53.4 Å². The second-order valence-electron chi connectivity index (χ2n) is 4.86. The zero-order valence-electron chi connectivity index (χ0n) is 13.3.